The maximum absolute atomic E-state index is 12.4. The average molecular weight is 339 g/mol. The molecular formula is C20H21NO4. The average Bonchev–Trinajstić information content (AvgIpc) is 2.59. The summed E-state index contributed by atoms with van der Waals surface area (Å²) in [6.45, 7) is 4.08. The number of ether oxygens (including phenoxy) is 2. The highest BCUT2D eigenvalue weighted by molar-refractivity contribution is 6.05. The number of benzene rings is 2. The summed E-state index contributed by atoms with van der Waals surface area (Å²) in [5.41, 5.74) is 1.37. The predicted molar refractivity (Wildman–Crippen MR) is 94.1 cm³/mol. The van der Waals surface area contributed by atoms with E-state index in [-0.39, 0.29) is 30.8 Å². The quantitative estimate of drug-likeness (QED) is 0.910. The van der Waals surface area contributed by atoms with Gasteiger partial charge >= 0.3 is 0 Å². The van der Waals surface area contributed by atoms with Crippen LogP contribution < -0.4 is 14.8 Å². The van der Waals surface area contributed by atoms with Gasteiger partial charge in [0, 0.05) is 0 Å². The van der Waals surface area contributed by atoms with E-state index in [1.165, 1.54) is 0 Å². The monoisotopic (exact) mass is 339 g/mol. The number of Topliss-reactive ketones (excluding diaryl/α,β-unsaturated/α-hetero) is 1. The minimum atomic E-state index is -0.647. The molecule has 1 heterocycles. The molecule has 0 aromatic heterocycles. The van der Waals surface area contributed by atoms with Gasteiger partial charge in [0.05, 0.1) is 18.1 Å². The van der Waals surface area contributed by atoms with E-state index in [4.69, 9.17) is 9.47 Å². The van der Waals surface area contributed by atoms with Crippen LogP contribution in [0.3, 0.4) is 0 Å². The molecule has 1 unspecified atom stereocenters. The summed E-state index contributed by atoms with van der Waals surface area (Å²) in [4.78, 5) is 24.7. The molecule has 2 aromatic carbocycles. The van der Waals surface area contributed by atoms with E-state index in [1.807, 2.05) is 44.2 Å². The van der Waals surface area contributed by atoms with E-state index in [9.17, 15) is 9.59 Å². The van der Waals surface area contributed by atoms with Crippen molar-refractivity contribution >= 4 is 11.7 Å². The lowest BCUT2D eigenvalue weighted by molar-refractivity contribution is -0.121. The van der Waals surface area contributed by atoms with Gasteiger partial charge in [-0.2, -0.15) is 0 Å². The Hall–Kier alpha value is -2.82. The molecule has 130 valence electrons. The van der Waals surface area contributed by atoms with E-state index in [1.54, 1.807) is 18.2 Å². The molecule has 25 heavy (non-hydrogen) atoms. The molecule has 1 amide bonds. The molecule has 0 bridgehead atoms. The summed E-state index contributed by atoms with van der Waals surface area (Å²) in [5, 5.41) is 2.76. The molecule has 3 rings (SSSR count). The van der Waals surface area contributed by atoms with Gasteiger partial charge in [0.2, 0.25) is 5.91 Å². The number of rotatable bonds is 5. The number of carbonyl (C=O) groups is 2. The Kier molecular flexibility index (Phi) is 5.03. The van der Waals surface area contributed by atoms with Crippen LogP contribution in [0.25, 0.3) is 0 Å². The van der Waals surface area contributed by atoms with E-state index >= 15 is 0 Å². The van der Waals surface area contributed by atoms with Crippen LogP contribution in [0.1, 0.15) is 29.8 Å². The van der Waals surface area contributed by atoms with Gasteiger partial charge in [0.15, 0.2) is 5.78 Å². The molecule has 5 nitrogen and oxygen atoms in total. The van der Waals surface area contributed by atoms with E-state index in [0.717, 1.165) is 11.3 Å². The third kappa shape index (κ3) is 4.18. The Morgan fingerprint density at radius 3 is 2.64 bits per heavy atom. The molecule has 0 fully saturated rings. The van der Waals surface area contributed by atoms with Crippen molar-refractivity contribution in [1.29, 1.82) is 0 Å². The van der Waals surface area contributed by atoms with Crippen molar-refractivity contribution < 1.29 is 19.1 Å². The van der Waals surface area contributed by atoms with Gasteiger partial charge in [-0.05, 0) is 43.7 Å². The zero-order chi connectivity index (χ0) is 17.8. The highest BCUT2D eigenvalue weighted by Crippen LogP contribution is 2.24. The minimum absolute atomic E-state index is 0.106. The first kappa shape index (κ1) is 17.0. The lowest BCUT2D eigenvalue weighted by Crippen LogP contribution is -2.47. The molecule has 0 saturated carbocycles. The van der Waals surface area contributed by atoms with E-state index in [2.05, 4.69) is 5.32 Å². The fraction of sp³-hybridized carbons (Fsp3) is 0.300. The van der Waals surface area contributed by atoms with Crippen molar-refractivity contribution in [2.45, 2.75) is 32.4 Å². The Morgan fingerprint density at radius 2 is 1.92 bits per heavy atom. The number of hydrogen-bond acceptors (Lipinski definition) is 4. The van der Waals surface area contributed by atoms with Crippen LogP contribution in [-0.4, -0.2) is 30.4 Å². The number of nitrogens with one attached hydrogen (secondary N) is 1. The molecule has 0 radical (unpaired) electrons. The number of ketones is 1. The second-order valence-electron chi connectivity index (χ2n) is 6.28. The van der Waals surface area contributed by atoms with Crippen molar-refractivity contribution in [3.05, 3.63) is 59.7 Å². The number of para-hydroxylation sites is 1. The highest BCUT2D eigenvalue weighted by Gasteiger charge is 2.29. The summed E-state index contributed by atoms with van der Waals surface area (Å²) < 4.78 is 11.1. The number of carbonyl (C=O) groups excluding carboxylic acids is 2. The summed E-state index contributed by atoms with van der Waals surface area (Å²) in [6.07, 6.45) is 0.308. The molecule has 1 aliphatic heterocycles. The fourth-order valence-corrected chi connectivity index (χ4v) is 2.73. The van der Waals surface area contributed by atoms with Crippen LogP contribution in [0, 0.1) is 0 Å². The third-order valence-electron chi connectivity index (χ3n) is 3.87. The van der Waals surface area contributed by atoms with Crippen LogP contribution in [0.2, 0.25) is 0 Å². The Morgan fingerprint density at radius 1 is 1.20 bits per heavy atom. The van der Waals surface area contributed by atoms with Crippen molar-refractivity contribution in [2.75, 3.05) is 6.61 Å². The van der Waals surface area contributed by atoms with Crippen molar-refractivity contribution in [3.63, 3.8) is 0 Å². The highest BCUT2D eigenvalue weighted by atomic mass is 16.5. The molecular weight excluding hydrogens is 318 g/mol. The maximum Gasteiger partial charge on any atom is 0.225 e. The normalized spacial score (nSPS) is 16.1. The van der Waals surface area contributed by atoms with E-state index in [0.29, 0.717) is 11.3 Å². The molecule has 0 saturated heterocycles. The molecule has 2 aromatic rings. The van der Waals surface area contributed by atoms with Gasteiger partial charge in [-0.15, -0.1) is 0 Å². The van der Waals surface area contributed by atoms with Crippen LogP contribution in [-0.2, 0) is 11.2 Å². The molecule has 5 heteroatoms. The number of hydrogen-bond donors (Lipinski definition) is 1. The first-order valence-electron chi connectivity index (χ1n) is 8.34. The van der Waals surface area contributed by atoms with Crippen LogP contribution in [0.4, 0.5) is 0 Å². The van der Waals surface area contributed by atoms with Gasteiger partial charge in [-0.1, -0.05) is 24.3 Å². The molecule has 0 spiro atoms. The molecule has 1 atom stereocenters. The zero-order valence-electron chi connectivity index (χ0n) is 14.3. The molecule has 0 aliphatic carbocycles. The largest absolute Gasteiger partial charge is 0.491 e. The third-order valence-corrected chi connectivity index (χ3v) is 3.87. The SMILES string of the molecule is CC(C)Oc1ccc(CC(=O)NC2COc3ccccc3C2=O)cc1. The smallest absolute Gasteiger partial charge is 0.225 e. The van der Waals surface area contributed by atoms with Gasteiger partial charge in [0.25, 0.3) is 0 Å². The minimum Gasteiger partial charge on any atom is -0.491 e. The summed E-state index contributed by atoms with van der Waals surface area (Å²) in [6, 6.07) is 13.8. The number of amides is 1. The first-order chi connectivity index (χ1) is 12.0. The van der Waals surface area contributed by atoms with Gasteiger partial charge in [-0.3, -0.25) is 9.59 Å². The molecule has 1 aliphatic rings. The van der Waals surface area contributed by atoms with Crippen molar-refractivity contribution in [2.24, 2.45) is 0 Å². The summed E-state index contributed by atoms with van der Waals surface area (Å²) in [7, 11) is 0. The summed E-state index contributed by atoms with van der Waals surface area (Å²) in [5.74, 6) is 1.01. The van der Waals surface area contributed by atoms with Gasteiger partial charge < -0.3 is 14.8 Å². The lowest BCUT2D eigenvalue weighted by Gasteiger charge is -2.24. The Bertz CT molecular complexity index is 768. The van der Waals surface area contributed by atoms with Gasteiger partial charge in [-0.25, -0.2) is 0 Å². The summed E-state index contributed by atoms with van der Waals surface area (Å²) >= 11 is 0. The Labute approximate surface area is 147 Å². The molecule has 1 N–H and O–H groups in total. The zero-order valence-corrected chi connectivity index (χ0v) is 14.3. The van der Waals surface area contributed by atoms with Crippen LogP contribution in [0.5, 0.6) is 11.5 Å². The topological polar surface area (TPSA) is 64.6 Å². The van der Waals surface area contributed by atoms with E-state index < -0.39 is 6.04 Å². The van der Waals surface area contributed by atoms with Gasteiger partial charge in [0.1, 0.15) is 24.1 Å². The standard InChI is InChI=1S/C20H21NO4/c1-13(2)25-15-9-7-14(8-10-15)11-19(22)21-17-12-24-18-6-4-3-5-16(18)20(17)23/h3-10,13,17H,11-12H2,1-2H3,(H,21,22). The Balaban J connectivity index is 1.59. The predicted octanol–water partition coefficient (Wildman–Crippen LogP) is 2.78. The fourth-order valence-electron chi connectivity index (χ4n) is 2.73. The number of fused-ring (bicyclic) bond motifs is 1. The second kappa shape index (κ2) is 7.38. The first-order valence-corrected chi connectivity index (χ1v) is 8.34. The second-order valence-corrected chi connectivity index (χ2v) is 6.28. The maximum atomic E-state index is 12.4. The van der Waals surface area contributed by atoms with Crippen molar-refractivity contribution in [3.8, 4) is 11.5 Å². The van der Waals surface area contributed by atoms with Crippen LogP contribution >= 0.6 is 0 Å². The lowest BCUT2D eigenvalue weighted by atomic mass is 10.0. The van der Waals surface area contributed by atoms with Crippen molar-refractivity contribution in [1.82, 2.24) is 5.32 Å². The van der Waals surface area contributed by atoms with Crippen LogP contribution in [0.15, 0.2) is 48.5 Å².